The molecule has 0 aliphatic rings. The fourth-order valence-corrected chi connectivity index (χ4v) is 2.10. The van der Waals surface area contributed by atoms with Gasteiger partial charge in [0.1, 0.15) is 5.82 Å². The third kappa shape index (κ3) is 3.43. The molecule has 0 aliphatic carbocycles. The highest BCUT2D eigenvalue weighted by Crippen LogP contribution is 2.20. The molecule has 0 saturated carbocycles. The molecule has 1 aromatic heterocycles. The second-order valence-corrected chi connectivity index (χ2v) is 4.70. The first-order chi connectivity index (χ1) is 10.0. The normalized spacial score (nSPS) is 12.3. The van der Waals surface area contributed by atoms with Gasteiger partial charge in [0.15, 0.2) is 5.82 Å². The van der Waals surface area contributed by atoms with Gasteiger partial charge in [-0.3, -0.25) is 10.1 Å². The summed E-state index contributed by atoms with van der Waals surface area (Å²) in [6, 6.07) is 6.02. The molecule has 0 radical (unpaired) electrons. The van der Waals surface area contributed by atoms with Crippen molar-refractivity contribution in [1.82, 2.24) is 14.8 Å². The van der Waals surface area contributed by atoms with E-state index in [1.165, 1.54) is 12.1 Å². The number of aliphatic hydroxyl groups excluding tert-OH is 1. The molecule has 2 aromatic rings. The van der Waals surface area contributed by atoms with Gasteiger partial charge in [-0.15, -0.1) is 0 Å². The van der Waals surface area contributed by atoms with Crippen LogP contribution in [0.2, 0.25) is 0 Å². The third-order valence-electron chi connectivity index (χ3n) is 3.24. The zero-order valence-corrected chi connectivity index (χ0v) is 12.1. The molecular formula is C14H18N4O3. The largest absolute Gasteiger partial charge is 0.386 e. The van der Waals surface area contributed by atoms with Crippen molar-refractivity contribution in [2.24, 2.45) is 0 Å². The number of non-ortho nitro benzene ring substituents is 1. The number of aliphatic hydroxyl groups is 1. The number of nitro groups is 1. The van der Waals surface area contributed by atoms with Gasteiger partial charge in [-0.2, -0.15) is 5.10 Å². The van der Waals surface area contributed by atoms with Crippen molar-refractivity contribution in [3.05, 3.63) is 51.6 Å². The summed E-state index contributed by atoms with van der Waals surface area (Å²) in [5.74, 6) is 1.54. The van der Waals surface area contributed by atoms with Crippen LogP contribution in [0.5, 0.6) is 0 Å². The van der Waals surface area contributed by atoms with Gasteiger partial charge in [0.05, 0.1) is 17.6 Å². The fraction of sp³-hybridized carbons (Fsp3) is 0.429. The van der Waals surface area contributed by atoms with Gasteiger partial charge >= 0.3 is 0 Å². The molecular weight excluding hydrogens is 272 g/mol. The predicted octanol–water partition coefficient (Wildman–Crippen LogP) is 2.04. The maximum Gasteiger partial charge on any atom is 0.269 e. The highest BCUT2D eigenvalue weighted by atomic mass is 16.6. The molecule has 0 spiro atoms. The number of rotatable bonds is 6. The zero-order valence-electron chi connectivity index (χ0n) is 12.1. The molecule has 1 N–H and O–H groups in total. The minimum absolute atomic E-state index is 0.0323. The Balaban J connectivity index is 2.21. The SMILES string of the molecule is CCc1nc(CC)n(CC(O)c2cccc([N+](=O)[O-])c2)n1. The van der Waals surface area contributed by atoms with Crippen LogP contribution in [-0.2, 0) is 19.4 Å². The van der Waals surface area contributed by atoms with Crippen LogP contribution < -0.4 is 0 Å². The van der Waals surface area contributed by atoms with Crippen molar-refractivity contribution in [3.8, 4) is 0 Å². The monoisotopic (exact) mass is 290 g/mol. The number of aromatic nitrogens is 3. The first-order valence-electron chi connectivity index (χ1n) is 6.90. The van der Waals surface area contributed by atoms with E-state index in [-0.39, 0.29) is 12.2 Å². The van der Waals surface area contributed by atoms with Crippen LogP contribution in [0.15, 0.2) is 24.3 Å². The fourth-order valence-electron chi connectivity index (χ4n) is 2.10. The van der Waals surface area contributed by atoms with E-state index in [0.29, 0.717) is 12.0 Å². The molecule has 112 valence electrons. The van der Waals surface area contributed by atoms with Crippen molar-refractivity contribution in [3.63, 3.8) is 0 Å². The Morgan fingerprint density at radius 3 is 2.76 bits per heavy atom. The van der Waals surface area contributed by atoms with Crippen LogP contribution in [0.1, 0.15) is 37.2 Å². The zero-order chi connectivity index (χ0) is 15.4. The summed E-state index contributed by atoms with van der Waals surface area (Å²) in [6.45, 7) is 4.17. The first kappa shape index (κ1) is 15.1. The van der Waals surface area contributed by atoms with Gasteiger partial charge in [0, 0.05) is 25.0 Å². The van der Waals surface area contributed by atoms with Gasteiger partial charge in [0.2, 0.25) is 0 Å². The standard InChI is InChI=1S/C14H18N4O3/c1-3-13-15-14(4-2)17(16-13)9-12(19)10-6-5-7-11(8-10)18(20)21/h5-8,12,19H,3-4,9H2,1-2H3. The highest BCUT2D eigenvalue weighted by molar-refractivity contribution is 5.35. The molecule has 7 nitrogen and oxygen atoms in total. The first-order valence-corrected chi connectivity index (χ1v) is 6.90. The Kier molecular flexibility index (Phi) is 4.64. The van der Waals surface area contributed by atoms with Crippen molar-refractivity contribution in [2.75, 3.05) is 0 Å². The Hall–Kier alpha value is -2.28. The summed E-state index contributed by atoms with van der Waals surface area (Å²) in [5.41, 5.74) is 0.468. The summed E-state index contributed by atoms with van der Waals surface area (Å²) < 4.78 is 1.67. The molecule has 21 heavy (non-hydrogen) atoms. The predicted molar refractivity (Wildman–Crippen MR) is 76.8 cm³/mol. The Bertz CT molecular complexity index is 639. The summed E-state index contributed by atoms with van der Waals surface area (Å²) in [5, 5.41) is 25.4. The van der Waals surface area contributed by atoms with Crippen molar-refractivity contribution in [2.45, 2.75) is 39.3 Å². The van der Waals surface area contributed by atoms with E-state index in [4.69, 9.17) is 0 Å². The van der Waals surface area contributed by atoms with Crippen LogP contribution in [0, 0.1) is 10.1 Å². The van der Waals surface area contributed by atoms with E-state index in [9.17, 15) is 15.2 Å². The van der Waals surface area contributed by atoms with Crippen LogP contribution in [0.4, 0.5) is 5.69 Å². The molecule has 1 aromatic carbocycles. The van der Waals surface area contributed by atoms with E-state index < -0.39 is 11.0 Å². The van der Waals surface area contributed by atoms with E-state index in [1.807, 2.05) is 13.8 Å². The van der Waals surface area contributed by atoms with E-state index in [2.05, 4.69) is 10.1 Å². The lowest BCUT2D eigenvalue weighted by Crippen LogP contribution is -2.13. The summed E-state index contributed by atoms with van der Waals surface area (Å²) in [7, 11) is 0. The summed E-state index contributed by atoms with van der Waals surface area (Å²) >= 11 is 0. The van der Waals surface area contributed by atoms with Crippen LogP contribution in [-0.4, -0.2) is 24.8 Å². The molecule has 0 aliphatic heterocycles. The smallest absolute Gasteiger partial charge is 0.269 e. The average molecular weight is 290 g/mol. The van der Waals surface area contributed by atoms with E-state index in [0.717, 1.165) is 18.1 Å². The number of hydrogen-bond acceptors (Lipinski definition) is 5. The van der Waals surface area contributed by atoms with E-state index in [1.54, 1.807) is 16.8 Å². The second kappa shape index (κ2) is 6.45. The molecule has 0 fully saturated rings. The molecule has 7 heteroatoms. The topological polar surface area (TPSA) is 94.1 Å². The molecule has 1 unspecified atom stereocenters. The Morgan fingerprint density at radius 1 is 1.38 bits per heavy atom. The summed E-state index contributed by atoms with van der Waals surface area (Å²) in [6.07, 6.45) is 0.586. The highest BCUT2D eigenvalue weighted by Gasteiger charge is 2.16. The lowest BCUT2D eigenvalue weighted by atomic mass is 10.1. The van der Waals surface area contributed by atoms with Gasteiger partial charge in [0.25, 0.3) is 5.69 Å². The third-order valence-corrected chi connectivity index (χ3v) is 3.24. The number of aryl methyl sites for hydroxylation is 2. The Morgan fingerprint density at radius 2 is 2.14 bits per heavy atom. The van der Waals surface area contributed by atoms with Gasteiger partial charge in [-0.25, -0.2) is 9.67 Å². The lowest BCUT2D eigenvalue weighted by molar-refractivity contribution is -0.385. The van der Waals surface area contributed by atoms with Gasteiger partial charge < -0.3 is 5.11 Å². The second-order valence-electron chi connectivity index (χ2n) is 4.70. The van der Waals surface area contributed by atoms with Crippen LogP contribution >= 0.6 is 0 Å². The molecule has 1 atom stereocenters. The van der Waals surface area contributed by atoms with Crippen molar-refractivity contribution < 1.29 is 10.0 Å². The number of nitrogens with zero attached hydrogens (tertiary/aromatic N) is 4. The van der Waals surface area contributed by atoms with Crippen LogP contribution in [0.25, 0.3) is 0 Å². The maximum absolute atomic E-state index is 10.8. The molecule has 1 heterocycles. The number of hydrogen-bond donors (Lipinski definition) is 1. The Labute approximate surface area is 122 Å². The summed E-state index contributed by atoms with van der Waals surface area (Å²) in [4.78, 5) is 14.7. The van der Waals surface area contributed by atoms with Crippen molar-refractivity contribution >= 4 is 5.69 Å². The molecule has 0 bridgehead atoms. The molecule has 2 rings (SSSR count). The maximum atomic E-state index is 10.8. The lowest BCUT2D eigenvalue weighted by Gasteiger charge is -2.12. The minimum Gasteiger partial charge on any atom is -0.386 e. The van der Waals surface area contributed by atoms with Crippen LogP contribution in [0.3, 0.4) is 0 Å². The molecule has 0 saturated heterocycles. The number of benzene rings is 1. The average Bonchev–Trinajstić information content (AvgIpc) is 2.89. The molecule has 0 amide bonds. The quantitative estimate of drug-likeness (QED) is 0.649. The minimum atomic E-state index is -0.860. The van der Waals surface area contributed by atoms with Gasteiger partial charge in [-0.05, 0) is 5.56 Å². The van der Waals surface area contributed by atoms with E-state index >= 15 is 0 Å². The van der Waals surface area contributed by atoms with Crippen molar-refractivity contribution in [1.29, 1.82) is 0 Å². The number of nitro benzene ring substituents is 1. The van der Waals surface area contributed by atoms with Gasteiger partial charge in [-0.1, -0.05) is 26.0 Å².